The number of carbonyl (C=O) groups is 1. The maximum absolute atomic E-state index is 11.1. The first-order valence-corrected chi connectivity index (χ1v) is 5.35. The molecular weight excluding hydrogens is 204 g/mol. The van der Waals surface area contributed by atoms with Crippen molar-refractivity contribution in [1.29, 1.82) is 0 Å². The maximum Gasteiger partial charge on any atom is 0.224 e. The molecule has 1 amide bonds. The number of amides is 1. The van der Waals surface area contributed by atoms with Crippen LogP contribution in [0.5, 0.6) is 0 Å². The van der Waals surface area contributed by atoms with Crippen LogP contribution < -0.4 is 11.1 Å². The summed E-state index contributed by atoms with van der Waals surface area (Å²) < 4.78 is 0. The zero-order valence-electron chi connectivity index (χ0n) is 10.3. The molecule has 1 rings (SSSR count). The number of aromatic nitrogens is 2. The van der Waals surface area contributed by atoms with Crippen molar-refractivity contribution < 1.29 is 4.79 Å². The first-order valence-electron chi connectivity index (χ1n) is 5.35. The largest absolute Gasteiger partial charge is 0.369 e. The number of rotatable bonds is 5. The number of primary amides is 1. The minimum atomic E-state index is -0.522. The Morgan fingerprint density at radius 2 is 2.12 bits per heavy atom. The van der Waals surface area contributed by atoms with Gasteiger partial charge in [0.25, 0.3) is 0 Å². The van der Waals surface area contributed by atoms with Crippen LogP contribution in [0, 0.1) is 19.3 Å². The fourth-order valence-corrected chi connectivity index (χ4v) is 1.42. The summed E-state index contributed by atoms with van der Waals surface area (Å²) in [5, 5.41) is 10.3. The first kappa shape index (κ1) is 12.7. The lowest BCUT2D eigenvalue weighted by Crippen LogP contribution is -2.40. The summed E-state index contributed by atoms with van der Waals surface area (Å²) in [6, 6.07) is 0. The van der Waals surface area contributed by atoms with E-state index in [2.05, 4.69) is 15.5 Å². The Morgan fingerprint density at radius 3 is 2.56 bits per heavy atom. The summed E-state index contributed by atoms with van der Waals surface area (Å²) in [7, 11) is 0. The molecule has 0 saturated heterocycles. The smallest absolute Gasteiger partial charge is 0.224 e. The van der Waals surface area contributed by atoms with E-state index in [0.717, 1.165) is 17.0 Å². The van der Waals surface area contributed by atoms with E-state index < -0.39 is 5.41 Å². The fraction of sp³-hybridized carbons (Fsp3) is 0.636. The molecule has 0 aliphatic heterocycles. The number of nitrogens with zero attached hydrogens (tertiary/aromatic N) is 1. The normalized spacial score (nSPS) is 11.8. The third-order valence-corrected chi connectivity index (χ3v) is 2.82. The molecule has 0 atom stereocenters. The molecule has 0 aliphatic carbocycles. The minimum absolute atomic E-state index is 0.291. The quantitative estimate of drug-likeness (QED) is 0.685. The molecule has 5 heteroatoms. The summed E-state index contributed by atoms with van der Waals surface area (Å²) in [5.41, 5.74) is 7.97. The Morgan fingerprint density at radius 1 is 1.50 bits per heavy atom. The molecule has 0 unspecified atom stereocenters. The van der Waals surface area contributed by atoms with Crippen LogP contribution in [0.25, 0.3) is 0 Å². The van der Waals surface area contributed by atoms with E-state index in [1.807, 2.05) is 27.7 Å². The molecule has 1 aromatic rings. The summed E-state index contributed by atoms with van der Waals surface area (Å²) in [6.45, 7) is 8.86. The van der Waals surface area contributed by atoms with Crippen LogP contribution in [0.4, 0.5) is 0 Å². The number of aryl methyl sites for hydroxylation is 2. The van der Waals surface area contributed by atoms with Gasteiger partial charge in [0.1, 0.15) is 0 Å². The van der Waals surface area contributed by atoms with Crippen LogP contribution in [0.15, 0.2) is 0 Å². The van der Waals surface area contributed by atoms with Gasteiger partial charge in [0.2, 0.25) is 5.91 Å². The average Bonchev–Trinajstić information content (AvgIpc) is 2.48. The van der Waals surface area contributed by atoms with Gasteiger partial charge in [-0.2, -0.15) is 5.10 Å². The maximum atomic E-state index is 11.1. The predicted octanol–water partition coefficient (Wildman–Crippen LogP) is 0.628. The second kappa shape index (κ2) is 4.65. The molecule has 0 bridgehead atoms. The van der Waals surface area contributed by atoms with Crippen LogP contribution in [0.2, 0.25) is 0 Å². The zero-order valence-corrected chi connectivity index (χ0v) is 10.3. The highest BCUT2D eigenvalue weighted by molar-refractivity contribution is 5.80. The monoisotopic (exact) mass is 224 g/mol. The Hall–Kier alpha value is -1.36. The van der Waals surface area contributed by atoms with Crippen LogP contribution in [-0.4, -0.2) is 22.6 Å². The van der Waals surface area contributed by atoms with Crippen molar-refractivity contribution in [1.82, 2.24) is 15.5 Å². The molecule has 16 heavy (non-hydrogen) atoms. The molecule has 0 radical (unpaired) electrons. The lowest BCUT2D eigenvalue weighted by atomic mass is 9.93. The third-order valence-electron chi connectivity index (χ3n) is 2.82. The van der Waals surface area contributed by atoms with E-state index in [0.29, 0.717) is 13.1 Å². The van der Waals surface area contributed by atoms with Crippen molar-refractivity contribution in [2.24, 2.45) is 11.1 Å². The minimum Gasteiger partial charge on any atom is -0.369 e. The van der Waals surface area contributed by atoms with Gasteiger partial charge in [0, 0.05) is 24.3 Å². The third kappa shape index (κ3) is 2.82. The van der Waals surface area contributed by atoms with Gasteiger partial charge < -0.3 is 11.1 Å². The molecule has 90 valence electrons. The van der Waals surface area contributed by atoms with Gasteiger partial charge in [-0.05, 0) is 27.7 Å². The van der Waals surface area contributed by atoms with Crippen molar-refractivity contribution in [3.63, 3.8) is 0 Å². The lowest BCUT2D eigenvalue weighted by molar-refractivity contribution is -0.125. The second-order valence-electron chi connectivity index (χ2n) is 4.76. The van der Waals surface area contributed by atoms with E-state index in [9.17, 15) is 4.79 Å². The summed E-state index contributed by atoms with van der Waals surface area (Å²) in [5.74, 6) is -0.291. The van der Waals surface area contributed by atoms with Gasteiger partial charge in [0.05, 0.1) is 11.1 Å². The molecule has 0 aromatic carbocycles. The van der Waals surface area contributed by atoms with Gasteiger partial charge in [0.15, 0.2) is 0 Å². The number of hydrogen-bond acceptors (Lipinski definition) is 3. The van der Waals surface area contributed by atoms with Crippen LogP contribution >= 0.6 is 0 Å². The van der Waals surface area contributed by atoms with Crippen molar-refractivity contribution in [2.45, 2.75) is 34.2 Å². The Balaban J connectivity index is 2.51. The first-order chi connectivity index (χ1) is 7.34. The van der Waals surface area contributed by atoms with Crippen LogP contribution in [0.1, 0.15) is 30.8 Å². The van der Waals surface area contributed by atoms with Crippen LogP contribution in [-0.2, 0) is 11.3 Å². The van der Waals surface area contributed by atoms with E-state index >= 15 is 0 Å². The Labute approximate surface area is 95.8 Å². The van der Waals surface area contributed by atoms with E-state index in [1.165, 1.54) is 0 Å². The molecule has 0 fully saturated rings. The van der Waals surface area contributed by atoms with Crippen molar-refractivity contribution in [3.05, 3.63) is 17.0 Å². The number of H-pyrrole nitrogens is 1. The molecule has 5 nitrogen and oxygen atoms in total. The number of nitrogens with one attached hydrogen (secondary N) is 2. The van der Waals surface area contributed by atoms with Gasteiger partial charge in [-0.1, -0.05) is 0 Å². The molecule has 0 spiro atoms. The number of aromatic amines is 1. The molecule has 4 N–H and O–H groups in total. The van der Waals surface area contributed by atoms with Crippen molar-refractivity contribution in [2.75, 3.05) is 6.54 Å². The SMILES string of the molecule is Cc1n[nH]c(C)c1CNCC(C)(C)C(N)=O. The molecule has 1 aromatic heterocycles. The van der Waals surface area contributed by atoms with Crippen molar-refractivity contribution >= 4 is 5.91 Å². The second-order valence-corrected chi connectivity index (χ2v) is 4.76. The zero-order chi connectivity index (χ0) is 12.3. The van der Waals surface area contributed by atoms with Gasteiger partial charge in [-0.15, -0.1) is 0 Å². The lowest BCUT2D eigenvalue weighted by Gasteiger charge is -2.20. The molecule has 0 aliphatic rings. The molecular formula is C11H20N4O. The molecule has 1 heterocycles. The summed E-state index contributed by atoms with van der Waals surface area (Å²) >= 11 is 0. The van der Waals surface area contributed by atoms with Gasteiger partial charge in [-0.25, -0.2) is 0 Å². The van der Waals surface area contributed by atoms with E-state index in [4.69, 9.17) is 5.73 Å². The Bertz CT molecular complexity index is 362. The van der Waals surface area contributed by atoms with E-state index in [1.54, 1.807) is 0 Å². The van der Waals surface area contributed by atoms with Gasteiger partial charge >= 0.3 is 0 Å². The average molecular weight is 224 g/mol. The number of nitrogens with two attached hydrogens (primary N) is 1. The summed E-state index contributed by atoms with van der Waals surface area (Å²) in [4.78, 5) is 11.1. The highest BCUT2D eigenvalue weighted by Crippen LogP contribution is 2.13. The summed E-state index contributed by atoms with van der Waals surface area (Å²) in [6.07, 6.45) is 0. The standard InChI is InChI=1S/C11H20N4O/c1-7-9(8(2)15-14-7)5-13-6-11(3,4)10(12)16/h13H,5-6H2,1-4H3,(H2,12,16)(H,14,15). The Kier molecular flexibility index (Phi) is 3.70. The highest BCUT2D eigenvalue weighted by atomic mass is 16.1. The van der Waals surface area contributed by atoms with Crippen molar-refractivity contribution in [3.8, 4) is 0 Å². The van der Waals surface area contributed by atoms with E-state index in [-0.39, 0.29) is 5.91 Å². The number of hydrogen-bond donors (Lipinski definition) is 3. The molecule has 0 saturated carbocycles. The highest BCUT2D eigenvalue weighted by Gasteiger charge is 2.24. The topological polar surface area (TPSA) is 83.8 Å². The number of carbonyl (C=O) groups excluding carboxylic acids is 1. The van der Waals surface area contributed by atoms with Gasteiger partial charge in [-0.3, -0.25) is 9.89 Å². The predicted molar refractivity (Wildman–Crippen MR) is 62.7 cm³/mol. The van der Waals surface area contributed by atoms with Crippen LogP contribution in [0.3, 0.4) is 0 Å². The fourth-order valence-electron chi connectivity index (χ4n) is 1.42.